The van der Waals surface area contributed by atoms with Crippen molar-refractivity contribution in [3.05, 3.63) is 120 Å². The number of nitrogens with one attached hydrogen (secondary N) is 1. The Morgan fingerprint density at radius 3 is 2.57 bits per heavy atom. The van der Waals surface area contributed by atoms with E-state index in [1.54, 1.807) is 60.8 Å². The number of halogens is 1. The van der Waals surface area contributed by atoms with Gasteiger partial charge in [0.05, 0.1) is 17.9 Å². The second kappa shape index (κ2) is 10.9. The molecule has 7 nitrogen and oxygen atoms in total. The van der Waals surface area contributed by atoms with Gasteiger partial charge in [0.15, 0.2) is 5.76 Å². The lowest BCUT2D eigenvalue weighted by Crippen LogP contribution is -2.44. The molecule has 2 aromatic heterocycles. The summed E-state index contributed by atoms with van der Waals surface area (Å²) in [5, 5.41) is 12.0. The predicted molar refractivity (Wildman–Crippen MR) is 127 cm³/mol. The van der Waals surface area contributed by atoms with Crippen molar-refractivity contribution in [2.45, 2.75) is 12.5 Å². The molecular formula is C27H21FN4O3. The number of benzene rings is 2. The van der Waals surface area contributed by atoms with Crippen molar-refractivity contribution in [2.24, 2.45) is 0 Å². The van der Waals surface area contributed by atoms with Gasteiger partial charge in [-0.1, -0.05) is 18.2 Å². The van der Waals surface area contributed by atoms with Crippen LogP contribution < -0.4 is 10.2 Å². The van der Waals surface area contributed by atoms with E-state index in [4.69, 9.17) is 9.68 Å². The normalized spacial score (nSPS) is 11.3. The fraction of sp³-hybridized carbons (Fsp3) is 0.111. The van der Waals surface area contributed by atoms with Crippen LogP contribution in [0.5, 0.6) is 0 Å². The number of nitrogens with zero attached hydrogens (tertiary/aromatic N) is 3. The minimum atomic E-state index is -1.08. The summed E-state index contributed by atoms with van der Waals surface area (Å²) < 4.78 is 18.8. The molecule has 4 rings (SSSR count). The zero-order valence-corrected chi connectivity index (χ0v) is 18.6. The number of rotatable bonds is 8. The Hall–Kier alpha value is -4.77. The van der Waals surface area contributed by atoms with Crippen LogP contribution in [0.25, 0.3) is 0 Å². The van der Waals surface area contributed by atoms with Crippen molar-refractivity contribution in [2.75, 3.05) is 11.4 Å². The van der Waals surface area contributed by atoms with Gasteiger partial charge in [0, 0.05) is 30.2 Å². The number of carbonyl (C=O) groups is 2. The van der Waals surface area contributed by atoms with Gasteiger partial charge in [-0.2, -0.15) is 5.26 Å². The Morgan fingerprint density at radius 1 is 1.09 bits per heavy atom. The van der Waals surface area contributed by atoms with Gasteiger partial charge in [-0.25, -0.2) is 4.39 Å². The molecule has 2 heterocycles. The van der Waals surface area contributed by atoms with E-state index in [0.29, 0.717) is 23.2 Å². The van der Waals surface area contributed by atoms with Crippen molar-refractivity contribution in [3.63, 3.8) is 0 Å². The number of amides is 2. The molecular weight excluding hydrogens is 447 g/mol. The van der Waals surface area contributed by atoms with Gasteiger partial charge in [-0.15, -0.1) is 0 Å². The molecule has 0 bridgehead atoms. The zero-order valence-electron chi connectivity index (χ0n) is 18.6. The minimum absolute atomic E-state index is 0.0517. The summed E-state index contributed by atoms with van der Waals surface area (Å²) in [4.78, 5) is 32.5. The highest BCUT2D eigenvalue weighted by atomic mass is 19.1. The maximum absolute atomic E-state index is 13.5. The molecule has 0 aliphatic rings. The molecule has 0 aliphatic heterocycles. The summed E-state index contributed by atoms with van der Waals surface area (Å²) in [6.07, 6.45) is 4.88. The van der Waals surface area contributed by atoms with E-state index in [1.807, 2.05) is 6.07 Å². The molecule has 2 amide bonds. The van der Waals surface area contributed by atoms with E-state index in [9.17, 15) is 14.0 Å². The fourth-order valence-electron chi connectivity index (χ4n) is 3.67. The quantitative estimate of drug-likeness (QED) is 0.412. The highest BCUT2D eigenvalue weighted by molar-refractivity contribution is 6.08. The molecule has 2 aromatic carbocycles. The molecule has 1 atom stereocenters. The lowest BCUT2D eigenvalue weighted by molar-refractivity contribution is -0.122. The zero-order chi connectivity index (χ0) is 24.6. The van der Waals surface area contributed by atoms with Crippen LogP contribution in [-0.2, 0) is 11.2 Å². The van der Waals surface area contributed by atoms with Crippen LogP contribution in [0, 0.1) is 17.1 Å². The van der Waals surface area contributed by atoms with E-state index >= 15 is 0 Å². The molecule has 4 aromatic rings. The first-order valence-electron chi connectivity index (χ1n) is 10.9. The number of furan rings is 1. The molecule has 0 saturated carbocycles. The highest BCUT2D eigenvalue weighted by Gasteiger charge is 2.34. The summed E-state index contributed by atoms with van der Waals surface area (Å²) in [5.74, 6) is -1.28. The van der Waals surface area contributed by atoms with E-state index < -0.39 is 17.9 Å². The maximum atomic E-state index is 13.5. The number of nitriles is 1. The second-order valence-corrected chi connectivity index (χ2v) is 7.67. The lowest BCUT2D eigenvalue weighted by atomic mass is 10.0. The van der Waals surface area contributed by atoms with Crippen molar-refractivity contribution < 1.29 is 18.4 Å². The summed E-state index contributed by atoms with van der Waals surface area (Å²) in [7, 11) is 0. The Kier molecular flexibility index (Phi) is 7.28. The number of hydrogen-bond acceptors (Lipinski definition) is 5. The Labute approximate surface area is 201 Å². The third-order valence-corrected chi connectivity index (χ3v) is 5.33. The Morgan fingerprint density at radius 2 is 1.91 bits per heavy atom. The Bertz CT molecular complexity index is 1330. The molecule has 0 saturated heterocycles. The van der Waals surface area contributed by atoms with Gasteiger partial charge in [-0.05, 0) is 66.6 Å². The molecule has 174 valence electrons. The van der Waals surface area contributed by atoms with Crippen LogP contribution in [0.15, 0.2) is 95.9 Å². The van der Waals surface area contributed by atoms with E-state index in [0.717, 1.165) is 5.56 Å². The molecule has 1 N–H and O–H groups in total. The molecule has 35 heavy (non-hydrogen) atoms. The summed E-state index contributed by atoms with van der Waals surface area (Å²) in [6, 6.07) is 19.9. The molecule has 0 fully saturated rings. The van der Waals surface area contributed by atoms with Crippen LogP contribution in [0.3, 0.4) is 0 Å². The van der Waals surface area contributed by atoms with Gasteiger partial charge in [0.2, 0.25) is 5.91 Å². The smallest absolute Gasteiger partial charge is 0.294 e. The lowest BCUT2D eigenvalue weighted by Gasteiger charge is -2.30. The van der Waals surface area contributed by atoms with Crippen molar-refractivity contribution in [1.82, 2.24) is 10.3 Å². The Balaban J connectivity index is 1.68. The van der Waals surface area contributed by atoms with Gasteiger partial charge >= 0.3 is 0 Å². The first-order chi connectivity index (χ1) is 17.1. The molecule has 0 spiro atoms. The van der Waals surface area contributed by atoms with Gasteiger partial charge in [-0.3, -0.25) is 19.5 Å². The van der Waals surface area contributed by atoms with Gasteiger partial charge in [0.25, 0.3) is 5.91 Å². The SMILES string of the molecule is N#Cc1ccc(N(C(=O)c2ccco2)C(C(=O)NCCc2cccc(F)c2)c2cccnc2)cc1. The van der Waals surface area contributed by atoms with Crippen LogP contribution >= 0.6 is 0 Å². The molecule has 1 unspecified atom stereocenters. The number of hydrogen-bond donors (Lipinski definition) is 1. The summed E-state index contributed by atoms with van der Waals surface area (Å²) in [5.41, 5.74) is 2.04. The highest BCUT2D eigenvalue weighted by Crippen LogP contribution is 2.30. The number of anilines is 1. The summed E-state index contributed by atoms with van der Waals surface area (Å²) >= 11 is 0. The maximum Gasteiger partial charge on any atom is 0.294 e. The number of carbonyl (C=O) groups excluding carboxylic acids is 2. The standard InChI is InChI=1S/C27H21FN4O3/c28-22-6-1-4-19(16-22)12-14-31-26(33)25(21-5-2-13-30-18-21)32(27(34)24-7-3-15-35-24)23-10-8-20(17-29)9-11-23/h1-11,13,15-16,18,25H,12,14H2,(H,31,33). The van der Waals surface area contributed by atoms with E-state index in [1.165, 1.54) is 35.6 Å². The molecule has 8 heteroatoms. The number of aromatic nitrogens is 1. The van der Waals surface area contributed by atoms with Gasteiger partial charge in [0.1, 0.15) is 11.9 Å². The largest absolute Gasteiger partial charge is 0.459 e. The fourth-order valence-corrected chi connectivity index (χ4v) is 3.67. The van der Waals surface area contributed by atoms with E-state index in [2.05, 4.69) is 10.3 Å². The average Bonchev–Trinajstić information content (AvgIpc) is 3.43. The summed E-state index contributed by atoms with van der Waals surface area (Å²) in [6.45, 7) is 0.231. The van der Waals surface area contributed by atoms with Crippen LogP contribution in [0.2, 0.25) is 0 Å². The average molecular weight is 468 g/mol. The van der Waals surface area contributed by atoms with Crippen LogP contribution in [0.1, 0.15) is 33.3 Å². The third-order valence-electron chi connectivity index (χ3n) is 5.33. The monoisotopic (exact) mass is 468 g/mol. The first-order valence-corrected chi connectivity index (χ1v) is 10.9. The van der Waals surface area contributed by atoms with Crippen LogP contribution in [0.4, 0.5) is 10.1 Å². The van der Waals surface area contributed by atoms with E-state index in [-0.39, 0.29) is 18.1 Å². The molecule has 0 aliphatic carbocycles. The van der Waals surface area contributed by atoms with Crippen molar-refractivity contribution in [1.29, 1.82) is 5.26 Å². The van der Waals surface area contributed by atoms with Crippen molar-refractivity contribution in [3.8, 4) is 6.07 Å². The minimum Gasteiger partial charge on any atom is -0.459 e. The number of pyridine rings is 1. The van der Waals surface area contributed by atoms with Crippen LogP contribution in [-0.4, -0.2) is 23.3 Å². The topological polar surface area (TPSA) is 99.2 Å². The van der Waals surface area contributed by atoms with Gasteiger partial charge < -0.3 is 9.73 Å². The first kappa shape index (κ1) is 23.4. The second-order valence-electron chi connectivity index (χ2n) is 7.67. The predicted octanol–water partition coefficient (Wildman–Crippen LogP) is 4.43. The third kappa shape index (κ3) is 5.60. The van der Waals surface area contributed by atoms with Crippen molar-refractivity contribution >= 4 is 17.5 Å². The molecule has 0 radical (unpaired) electrons.